The number of piperazine rings is 1. The summed E-state index contributed by atoms with van der Waals surface area (Å²) in [5.41, 5.74) is -1.81. The topological polar surface area (TPSA) is 166 Å². The molecule has 2 fully saturated rings. The molecule has 1 saturated heterocycles. The van der Waals surface area contributed by atoms with Crippen molar-refractivity contribution in [3.05, 3.63) is 57.5 Å². The molecule has 1 aromatic carbocycles. The molecule has 0 radical (unpaired) electrons. The third kappa shape index (κ3) is 6.71. The van der Waals surface area contributed by atoms with Crippen LogP contribution in [-0.2, 0) is 33.0 Å². The number of hydrogen-bond acceptors (Lipinski definition) is 9. The third-order valence-corrected chi connectivity index (χ3v) is 8.55. The minimum atomic E-state index is -1.16. The van der Waals surface area contributed by atoms with Crippen LogP contribution < -0.4 is 16.2 Å². The molecule has 0 unspecified atom stereocenters. The average molecular weight is 601 g/mol. The molecule has 1 aliphatic carbocycles. The van der Waals surface area contributed by atoms with Crippen LogP contribution in [0.1, 0.15) is 47.6 Å². The fourth-order valence-electron chi connectivity index (χ4n) is 6.07. The zero-order valence-corrected chi connectivity index (χ0v) is 23.9. The molecule has 4 aliphatic rings. The maximum Gasteiger partial charge on any atom is 0.311 e. The molecule has 4 heterocycles. The van der Waals surface area contributed by atoms with Crippen molar-refractivity contribution in [2.45, 2.75) is 44.3 Å². The van der Waals surface area contributed by atoms with E-state index in [9.17, 15) is 28.7 Å². The van der Waals surface area contributed by atoms with E-state index >= 15 is 0 Å². The fraction of sp³-hybridized carbons (Fsp3) is 0.552. The number of ether oxygens (including phenoxy) is 1. The number of halogens is 1. The Morgan fingerprint density at radius 3 is 2.44 bits per heavy atom. The Morgan fingerprint density at radius 1 is 1.07 bits per heavy atom. The van der Waals surface area contributed by atoms with Crippen molar-refractivity contribution >= 4 is 17.7 Å². The molecule has 232 valence electrons. The Bertz CT molecular complexity index is 1400. The molecule has 2 bridgehead atoms. The second-order valence-electron chi connectivity index (χ2n) is 11.3. The Hall–Kier alpha value is -3.88. The lowest BCUT2D eigenvalue weighted by Crippen LogP contribution is -2.57. The van der Waals surface area contributed by atoms with Gasteiger partial charge in [0.25, 0.3) is 11.5 Å². The number of benzene rings is 1. The predicted octanol–water partition coefficient (Wildman–Crippen LogP) is -0.314. The van der Waals surface area contributed by atoms with Crippen molar-refractivity contribution in [3.8, 4) is 5.75 Å². The van der Waals surface area contributed by atoms with Crippen LogP contribution in [0.15, 0.2) is 29.1 Å². The van der Waals surface area contributed by atoms with Gasteiger partial charge >= 0.3 is 11.8 Å². The molecule has 3 amide bonds. The zero-order chi connectivity index (χ0) is 30.6. The molecule has 2 aromatic rings. The molecule has 13 nitrogen and oxygen atoms in total. The van der Waals surface area contributed by atoms with Gasteiger partial charge in [-0.1, -0.05) is 12.1 Å². The highest BCUT2D eigenvalue weighted by atomic mass is 19.1. The quantitative estimate of drug-likeness (QED) is 0.223. The van der Waals surface area contributed by atoms with Crippen LogP contribution >= 0.6 is 0 Å². The Kier molecular flexibility index (Phi) is 9.37. The van der Waals surface area contributed by atoms with E-state index in [2.05, 4.69) is 20.5 Å². The van der Waals surface area contributed by atoms with Crippen LogP contribution in [0.25, 0.3) is 0 Å². The third-order valence-electron chi connectivity index (χ3n) is 8.55. The highest BCUT2D eigenvalue weighted by Crippen LogP contribution is 2.43. The lowest BCUT2D eigenvalue weighted by atomic mass is 9.77. The van der Waals surface area contributed by atoms with Gasteiger partial charge < -0.3 is 30.5 Å². The van der Waals surface area contributed by atoms with Gasteiger partial charge in [-0.05, 0) is 49.3 Å². The number of hydrogen-bond donors (Lipinski definition) is 4. The second-order valence-corrected chi connectivity index (χ2v) is 11.3. The fourth-order valence-corrected chi connectivity index (χ4v) is 6.07. The first-order chi connectivity index (χ1) is 20.7. The number of aliphatic hydroxyl groups excluding tert-OH is 1. The number of carbonyl (C=O) groups excluding carboxylic acids is 3. The van der Waals surface area contributed by atoms with E-state index in [1.165, 1.54) is 33.7 Å². The Labute approximate surface area is 247 Å². The van der Waals surface area contributed by atoms with Gasteiger partial charge in [-0.3, -0.25) is 28.6 Å². The van der Waals surface area contributed by atoms with Crippen LogP contribution in [0.2, 0.25) is 0 Å². The normalized spacial score (nSPS) is 21.6. The number of nitrogens with one attached hydrogen (secondary N) is 2. The van der Waals surface area contributed by atoms with E-state index in [0.29, 0.717) is 70.6 Å². The number of amides is 3. The van der Waals surface area contributed by atoms with Crippen molar-refractivity contribution < 1.29 is 33.7 Å². The summed E-state index contributed by atoms with van der Waals surface area (Å²) in [5.74, 6) is -3.23. The van der Waals surface area contributed by atoms with Gasteiger partial charge in [-0.15, -0.1) is 0 Å². The zero-order valence-electron chi connectivity index (χ0n) is 23.9. The number of aromatic hydroxyl groups is 1. The van der Waals surface area contributed by atoms with Crippen molar-refractivity contribution in [2.75, 3.05) is 52.5 Å². The summed E-state index contributed by atoms with van der Waals surface area (Å²) < 4.78 is 19.9. The van der Waals surface area contributed by atoms with E-state index in [-0.39, 0.29) is 38.0 Å². The van der Waals surface area contributed by atoms with E-state index < -0.39 is 46.1 Å². The van der Waals surface area contributed by atoms with Gasteiger partial charge in [0.05, 0.1) is 25.4 Å². The molecular weight excluding hydrogens is 563 g/mol. The smallest absolute Gasteiger partial charge is 0.311 e. The minimum absolute atomic E-state index is 0.0139. The SMILES string of the molecule is O=C(NC12CCC(CC1)Cn1c2nc(C(=O)NCc2ccc(F)cc2)c(O)c1=O)C(=O)N1CCN(CCOCCO)CC1. The molecule has 6 rings (SSSR count). The molecule has 0 spiro atoms. The molecule has 43 heavy (non-hydrogen) atoms. The molecule has 3 aliphatic heterocycles. The summed E-state index contributed by atoms with van der Waals surface area (Å²) in [5, 5.41) is 25.0. The van der Waals surface area contributed by atoms with Gasteiger partial charge in [-0.25, -0.2) is 9.37 Å². The summed E-state index contributed by atoms with van der Waals surface area (Å²) in [6.45, 7) is 3.52. The highest BCUT2D eigenvalue weighted by Gasteiger charge is 2.47. The van der Waals surface area contributed by atoms with Crippen LogP contribution in [0.5, 0.6) is 5.75 Å². The Balaban J connectivity index is 1.31. The number of rotatable bonds is 9. The monoisotopic (exact) mass is 600 g/mol. The number of aromatic nitrogens is 2. The summed E-state index contributed by atoms with van der Waals surface area (Å²) in [6, 6.07) is 5.52. The van der Waals surface area contributed by atoms with Crippen LogP contribution in [0, 0.1) is 11.7 Å². The summed E-state index contributed by atoms with van der Waals surface area (Å²) in [6.07, 6.45) is 2.18. The maximum absolute atomic E-state index is 13.4. The number of carbonyl (C=O) groups is 3. The molecule has 14 heteroatoms. The molecule has 1 saturated carbocycles. The first-order valence-corrected chi connectivity index (χ1v) is 14.6. The molecule has 0 atom stereocenters. The lowest BCUT2D eigenvalue weighted by molar-refractivity contribution is -0.148. The summed E-state index contributed by atoms with van der Waals surface area (Å²) >= 11 is 0. The predicted molar refractivity (Wildman–Crippen MR) is 150 cm³/mol. The van der Waals surface area contributed by atoms with Crippen LogP contribution in [0.4, 0.5) is 4.39 Å². The van der Waals surface area contributed by atoms with Crippen LogP contribution in [0.3, 0.4) is 0 Å². The van der Waals surface area contributed by atoms with E-state index in [1.807, 2.05) is 0 Å². The number of nitrogens with zero attached hydrogens (tertiary/aromatic N) is 4. The van der Waals surface area contributed by atoms with Gasteiger partial charge in [0.15, 0.2) is 5.69 Å². The minimum Gasteiger partial charge on any atom is -0.501 e. The standard InChI is InChI=1S/C29H37FN6O7/c30-21-3-1-19(2-4-21)17-31-24(39)22-23(38)26(41)36-18-20-5-7-29(8-6-20,28(36)32-22)33-25(40)27(42)35-11-9-34(10-12-35)13-15-43-16-14-37/h1-4,20,37-38H,5-18H2,(H,31,39)(H,33,40). The summed E-state index contributed by atoms with van der Waals surface area (Å²) in [4.78, 5) is 61.0. The van der Waals surface area contributed by atoms with Crippen LogP contribution in [-0.4, -0.2) is 99.8 Å². The molecular formula is C29H37FN6O7. The summed E-state index contributed by atoms with van der Waals surface area (Å²) in [7, 11) is 0. The van der Waals surface area contributed by atoms with Crippen molar-refractivity contribution in [1.29, 1.82) is 0 Å². The number of aliphatic hydroxyl groups is 1. The number of fused-ring (bicyclic) bond motifs is 2. The van der Waals surface area contributed by atoms with Crippen molar-refractivity contribution in [3.63, 3.8) is 0 Å². The first-order valence-electron chi connectivity index (χ1n) is 14.6. The maximum atomic E-state index is 13.4. The van der Waals surface area contributed by atoms with Gasteiger partial charge in [0.2, 0.25) is 5.75 Å². The molecule has 4 N–H and O–H groups in total. The average Bonchev–Trinajstić information content (AvgIpc) is 3.26. The molecule has 1 aromatic heterocycles. The van der Waals surface area contributed by atoms with Gasteiger partial charge in [0.1, 0.15) is 11.6 Å². The second kappa shape index (κ2) is 13.2. The first kappa shape index (κ1) is 30.6. The van der Waals surface area contributed by atoms with Crippen molar-refractivity contribution in [2.24, 2.45) is 5.92 Å². The highest BCUT2D eigenvalue weighted by molar-refractivity contribution is 6.35. The Morgan fingerprint density at radius 2 is 1.77 bits per heavy atom. The van der Waals surface area contributed by atoms with E-state index in [0.717, 1.165) is 0 Å². The van der Waals surface area contributed by atoms with Gasteiger partial charge in [0, 0.05) is 45.8 Å². The van der Waals surface area contributed by atoms with Gasteiger partial charge in [-0.2, -0.15) is 0 Å². The lowest BCUT2D eigenvalue weighted by Gasteiger charge is -2.38. The van der Waals surface area contributed by atoms with E-state index in [4.69, 9.17) is 9.84 Å². The van der Waals surface area contributed by atoms with E-state index in [1.54, 1.807) is 0 Å². The largest absolute Gasteiger partial charge is 0.501 e. The van der Waals surface area contributed by atoms with Crippen molar-refractivity contribution in [1.82, 2.24) is 30.0 Å².